The largest absolute Gasteiger partial charge is 0.393 e. The summed E-state index contributed by atoms with van der Waals surface area (Å²) in [5.41, 5.74) is -1.19. The van der Waals surface area contributed by atoms with Crippen LogP contribution in [0, 0.1) is 0 Å². The lowest BCUT2D eigenvalue weighted by molar-refractivity contribution is 0.0132. The lowest BCUT2D eigenvalue weighted by Gasteiger charge is -2.21. The van der Waals surface area contributed by atoms with E-state index in [1.807, 2.05) is 11.4 Å². The van der Waals surface area contributed by atoms with Gasteiger partial charge in [0.25, 0.3) is 0 Å². The number of hydrogen-bond donors (Lipinski definition) is 3. The molecule has 0 bridgehead atoms. The fraction of sp³-hybridized carbons (Fsp3) is 0.400. The first-order valence-corrected chi connectivity index (χ1v) is 6.25. The molecule has 0 fully saturated rings. The molecule has 2 heterocycles. The van der Waals surface area contributed by atoms with Gasteiger partial charge in [0.05, 0.1) is 12.0 Å². The van der Waals surface area contributed by atoms with Crippen molar-refractivity contribution in [3.05, 3.63) is 16.7 Å². The standard InChI is InChI=1S/C10H12ClN3O2S/c1-10(16,5-15)4-12-7-6-2-3-17-8(6)14-9(11)13-7/h2-3,15-16H,4-5H2,1H3,(H,12,13,14). The first-order chi connectivity index (χ1) is 8.02. The Hall–Kier alpha value is -0.950. The van der Waals surface area contributed by atoms with Gasteiger partial charge in [0.15, 0.2) is 0 Å². The fourth-order valence-corrected chi connectivity index (χ4v) is 2.28. The molecule has 0 aromatic carbocycles. The van der Waals surface area contributed by atoms with Crippen LogP contribution in [0.1, 0.15) is 6.92 Å². The zero-order valence-corrected chi connectivity index (χ0v) is 10.7. The van der Waals surface area contributed by atoms with E-state index in [9.17, 15) is 5.11 Å². The summed E-state index contributed by atoms with van der Waals surface area (Å²) in [7, 11) is 0. The molecule has 7 heteroatoms. The van der Waals surface area contributed by atoms with Crippen molar-refractivity contribution in [1.82, 2.24) is 9.97 Å². The number of hydrogen-bond acceptors (Lipinski definition) is 6. The number of fused-ring (bicyclic) bond motifs is 1. The van der Waals surface area contributed by atoms with Crippen LogP contribution >= 0.6 is 22.9 Å². The molecular formula is C10H12ClN3O2S. The number of nitrogens with one attached hydrogen (secondary N) is 1. The van der Waals surface area contributed by atoms with Crippen molar-refractivity contribution >= 4 is 39.0 Å². The van der Waals surface area contributed by atoms with Gasteiger partial charge in [-0.15, -0.1) is 11.3 Å². The highest BCUT2D eigenvalue weighted by atomic mass is 35.5. The van der Waals surface area contributed by atoms with Gasteiger partial charge in [0.1, 0.15) is 16.2 Å². The molecule has 0 aliphatic carbocycles. The maximum absolute atomic E-state index is 9.69. The van der Waals surface area contributed by atoms with Gasteiger partial charge in [0, 0.05) is 6.54 Å². The molecule has 5 nitrogen and oxygen atoms in total. The van der Waals surface area contributed by atoms with Gasteiger partial charge in [-0.3, -0.25) is 0 Å². The minimum absolute atomic E-state index is 0.158. The Balaban J connectivity index is 2.26. The normalized spacial score (nSPS) is 14.8. The van der Waals surface area contributed by atoms with E-state index in [4.69, 9.17) is 16.7 Å². The fourth-order valence-electron chi connectivity index (χ4n) is 1.29. The third-order valence-electron chi connectivity index (χ3n) is 2.28. The highest BCUT2D eigenvalue weighted by Crippen LogP contribution is 2.26. The number of aromatic nitrogens is 2. The van der Waals surface area contributed by atoms with Crippen molar-refractivity contribution in [3.8, 4) is 0 Å². The molecule has 2 aromatic heterocycles. The molecule has 0 saturated carbocycles. The van der Waals surface area contributed by atoms with Gasteiger partial charge in [-0.1, -0.05) is 0 Å². The lowest BCUT2D eigenvalue weighted by Crippen LogP contribution is -2.37. The molecule has 1 atom stereocenters. The average Bonchev–Trinajstić information content (AvgIpc) is 2.73. The number of halogens is 1. The van der Waals surface area contributed by atoms with E-state index in [1.165, 1.54) is 18.3 Å². The highest BCUT2D eigenvalue weighted by molar-refractivity contribution is 7.16. The summed E-state index contributed by atoms with van der Waals surface area (Å²) in [6.07, 6.45) is 0. The molecule has 0 amide bonds. The zero-order chi connectivity index (χ0) is 12.5. The van der Waals surface area contributed by atoms with Gasteiger partial charge in [-0.2, -0.15) is 0 Å². The molecule has 0 radical (unpaired) electrons. The summed E-state index contributed by atoms with van der Waals surface area (Å²) in [5, 5.41) is 24.5. The van der Waals surface area contributed by atoms with Crippen LogP contribution in [-0.2, 0) is 0 Å². The Kier molecular flexibility index (Phi) is 3.48. The number of rotatable bonds is 4. The smallest absolute Gasteiger partial charge is 0.225 e. The van der Waals surface area contributed by atoms with Crippen LogP contribution in [0.25, 0.3) is 10.2 Å². The minimum atomic E-state index is -1.19. The Morgan fingerprint density at radius 2 is 2.29 bits per heavy atom. The number of thiophene rings is 1. The second-order valence-electron chi connectivity index (χ2n) is 3.99. The topological polar surface area (TPSA) is 78.3 Å². The van der Waals surface area contributed by atoms with E-state index in [0.717, 1.165) is 10.2 Å². The van der Waals surface area contributed by atoms with E-state index < -0.39 is 5.60 Å². The van der Waals surface area contributed by atoms with Crippen LogP contribution in [0.5, 0.6) is 0 Å². The van der Waals surface area contributed by atoms with E-state index in [2.05, 4.69) is 15.3 Å². The van der Waals surface area contributed by atoms with Crippen molar-refractivity contribution in [1.29, 1.82) is 0 Å². The Morgan fingerprint density at radius 1 is 1.53 bits per heavy atom. The van der Waals surface area contributed by atoms with Crippen LogP contribution in [0.4, 0.5) is 5.82 Å². The van der Waals surface area contributed by atoms with Crippen molar-refractivity contribution in [2.45, 2.75) is 12.5 Å². The quantitative estimate of drug-likeness (QED) is 0.736. The first kappa shape index (κ1) is 12.5. The maximum atomic E-state index is 9.69. The maximum Gasteiger partial charge on any atom is 0.225 e. The molecule has 1 unspecified atom stereocenters. The second-order valence-corrected chi connectivity index (χ2v) is 5.22. The van der Waals surface area contributed by atoms with Crippen molar-refractivity contribution in [2.75, 3.05) is 18.5 Å². The van der Waals surface area contributed by atoms with Crippen LogP contribution < -0.4 is 5.32 Å². The molecule has 2 aromatic rings. The third-order valence-corrected chi connectivity index (χ3v) is 3.25. The van der Waals surface area contributed by atoms with Gasteiger partial charge >= 0.3 is 0 Å². The molecule has 0 spiro atoms. The number of aliphatic hydroxyl groups excluding tert-OH is 1. The molecule has 2 rings (SSSR count). The number of aliphatic hydroxyl groups is 2. The van der Waals surface area contributed by atoms with E-state index in [0.29, 0.717) is 5.82 Å². The van der Waals surface area contributed by atoms with Gasteiger partial charge < -0.3 is 15.5 Å². The van der Waals surface area contributed by atoms with E-state index >= 15 is 0 Å². The highest BCUT2D eigenvalue weighted by Gasteiger charge is 2.19. The van der Waals surface area contributed by atoms with Crippen LogP contribution in [0.3, 0.4) is 0 Å². The van der Waals surface area contributed by atoms with Gasteiger partial charge in [-0.25, -0.2) is 9.97 Å². The first-order valence-electron chi connectivity index (χ1n) is 5.00. The average molecular weight is 274 g/mol. The second kappa shape index (κ2) is 4.73. The van der Waals surface area contributed by atoms with Crippen LogP contribution in [0.15, 0.2) is 11.4 Å². The number of nitrogens with zero attached hydrogens (tertiary/aromatic N) is 2. The molecule has 0 aliphatic heterocycles. The van der Waals surface area contributed by atoms with Gasteiger partial charge in [-0.05, 0) is 30.0 Å². The predicted molar refractivity (Wildman–Crippen MR) is 68.6 cm³/mol. The molecule has 3 N–H and O–H groups in total. The van der Waals surface area contributed by atoms with Crippen molar-refractivity contribution < 1.29 is 10.2 Å². The predicted octanol–water partition coefficient (Wildman–Crippen LogP) is 1.50. The Labute approximate surface area is 107 Å². The van der Waals surface area contributed by atoms with Crippen LogP contribution in [-0.4, -0.2) is 38.9 Å². The molecular weight excluding hydrogens is 262 g/mol. The van der Waals surface area contributed by atoms with Crippen molar-refractivity contribution in [3.63, 3.8) is 0 Å². The summed E-state index contributed by atoms with van der Waals surface area (Å²) >= 11 is 7.26. The zero-order valence-electron chi connectivity index (χ0n) is 9.14. The summed E-state index contributed by atoms with van der Waals surface area (Å²) in [6.45, 7) is 1.39. The Morgan fingerprint density at radius 3 is 3.00 bits per heavy atom. The SMILES string of the molecule is CC(O)(CO)CNc1nc(Cl)nc2sccc12. The van der Waals surface area contributed by atoms with Crippen LogP contribution in [0.2, 0.25) is 5.28 Å². The minimum Gasteiger partial charge on any atom is -0.393 e. The third kappa shape index (κ3) is 2.84. The summed E-state index contributed by atoms with van der Waals surface area (Å²) in [5.74, 6) is 0.565. The molecule has 0 aliphatic rings. The lowest BCUT2D eigenvalue weighted by atomic mass is 10.1. The monoisotopic (exact) mass is 273 g/mol. The number of anilines is 1. The summed E-state index contributed by atoms with van der Waals surface area (Å²) in [6, 6.07) is 1.88. The van der Waals surface area contributed by atoms with E-state index in [1.54, 1.807) is 0 Å². The Bertz CT molecular complexity index is 529. The van der Waals surface area contributed by atoms with Crippen molar-refractivity contribution in [2.24, 2.45) is 0 Å². The summed E-state index contributed by atoms with van der Waals surface area (Å²) in [4.78, 5) is 8.94. The van der Waals surface area contributed by atoms with Gasteiger partial charge in [0.2, 0.25) is 5.28 Å². The molecule has 92 valence electrons. The van der Waals surface area contributed by atoms with E-state index in [-0.39, 0.29) is 18.4 Å². The summed E-state index contributed by atoms with van der Waals surface area (Å²) < 4.78 is 0. The molecule has 0 saturated heterocycles. The molecule has 17 heavy (non-hydrogen) atoms.